The fourth-order valence-corrected chi connectivity index (χ4v) is 4.04. The smallest absolute Gasteiger partial charge is 0.235 e. The maximum Gasteiger partial charge on any atom is 0.235 e. The van der Waals surface area contributed by atoms with Gasteiger partial charge in [0.05, 0.1) is 11.4 Å². The van der Waals surface area contributed by atoms with Crippen LogP contribution in [0.1, 0.15) is 12.5 Å². The highest BCUT2D eigenvalue weighted by Crippen LogP contribution is 2.29. The summed E-state index contributed by atoms with van der Waals surface area (Å²) < 4.78 is 25.3. The minimum Gasteiger partial charge on any atom is -0.326 e. The number of nitrogens with zero attached hydrogens (tertiary/aromatic N) is 1. The van der Waals surface area contributed by atoms with Gasteiger partial charge >= 0.3 is 0 Å². The van der Waals surface area contributed by atoms with E-state index in [0.29, 0.717) is 13.1 Å². The maximum atomic E-state index is 11.9. The molecule has 1 aromatic carbocycles. The van der Waals surface area contributed by atoms with E-state index in [9.17, 15) is 8.42 Å². The second-order valence-corrected chi connectivity index (χ2v) is 6.19. The second kappa shape index (κ2) is 4.07. The van der Waals surface area contributed by atoms with Crippen LogP contribution in [-0.2, 0) is 16.6 Å². The quantitative estimate of drug-likeness (QED) is 0.836. The predicted molar refractivity (Wildman–Crippen MR) is 64.6 cm³/mol. The summed E-state index contributed by atoms with van der Waals surface area (Å²) >= 11 is 0. The molecule has 0 aromatic heterocycles. The molecular formula is C11H16N2O2S. The van der Waals surface area contributed by atoms with Crippen LogP contribution >= 0.6 is 0 Å². The lowest BCUT2D eigenvalue weighted by Gasteiger charge is -2.20. The van der Waals surface area contributed by atoms with Gasteiger partial charge in [0.2, 0.25) is 10.0 Å². The van der Waals surface area contributed by atoms with Crippen LogP contribution in [0.15, 0.2) is 24.3 Å². The van der Waals surface area contributed by atoms with Gasteiger partial charge in [-0.3, -0.25) is 4.31 Å². The summed E-state index contributed by atoms with van der Waals surface area (Å²) in [6, 6.07) is 7.40. The van der Waals surface area contributed by atoms with Crippen LogP contribution in [0.2, 0.25) is 0 Å². The van der Waals surface area contributed by atoms with Crippen molar-refractivity contribution in [3.8, 4) is 0 Å². The van der Waals surface area contributed by atoms with Gasteiger partial charge in [-0.05, 0) is 17.5 Å². The molecule has 1 aliphatic rings. The molecule has 0 amide bonds. The summed E-state index contributed by atoms with van der Waals surface area (Å²) in [5, 5.41) is 0. The lowest BCUT2D eigenvalue weighted by molar-refractivity contribution is 0.598. The SMILES string of the molecule is CC1CN(c2ccccc2CN)S(=O)(=O)C1. The Labute approximate surface area is 96.1 Å². The van der Waals surface area contributed by atoms with Crippen molar-refractivity contribution in [2.75, 3.05) is 16.6 Å². The van der Waals surface area contributed by atoms with Gasteiger partial charge in [-0.15, -0.1) is 0 Å². The van der Waals surface area contributed by atoms with E-state index in [2.05, 4.69) is 0 Å². The van der Waals surface area contributed by atoms with Gasteiger partial charge in [0.15, 0.2) is 0 Å². The standard InChI is InChI=1S/C11H16N2O2S/c1-9-7-13(16(14,15)8-9)11-5-3-2-4-10(11)6-12/h2-5,9H,6-8,12H2,1H3. The van der Waals surface area contributed by atoms with Crippen molar-refractivity contribution in [1.29, 1.82) is 0 Å². The molecule has 5 heteroatoms. The summed E-state index contributed by atoms with van der Waals surface area (Å²) in [7, 11) is -3.14. The van der Waals surface area contributed by atoms with E-state index >= 15 is 0 Å². The molecule has 1 aromatic rings. The minimum atomic E-state index is -3.14. The maximum absolute atomic E-state index is 11.9. The van der Waals surface area contributed by atoms with Gasteiger partial charge in [0, 0.05) is 13.1 Å². The van der Waals surface area contributed by atoms with Crippen molar-refractivity contribution in [3.05, 3.63) is 29.8 Å². The zero-order chi connectivity index (χ0) is 11.8. The van der Waals surface area contributed by atoms with Crippen LogP contribution in [0.25, 0.3) is 0 Å². The summed E-state index contributed by atoms with van der Waals surface area (Å²) in [6.07, 6.45) is 0. The molecule has 88 valence electrons. The molecule has 1 atom stereocenters. The Hall–Kier alpha value is -1.07. The Kier molecular flexibility index (Phi) is 2.90. The van der Waals surface area contributed by atoms with Crippen LogP contribution < -0.4 is 10.0 Å². The third-order valence-electron chi connectivity index (χ3n) is 2.79. The molecule has 2 N–H and O–H groups in total. The Balaban J connectivity index is 2.45. The summed E-state index contributed by atoms with van der Waals surface area (Å²) in [4.78, 5) is 0. The Morgan fingerprint density at radius 2 is 2.12 bits per heavy atom. The number of hydrogen-bond acceptors (Lipinski definition) is 3. The molecule has 1 unspecified atom stereocenters. The highest BCUT2D eigenvalue weighted by Gasteiger charge is 2.34. The monoisotopic (exact) mass is 240 g/mol. The van der Waals surface area contributed by atoms with Crippen LogP contribution in [0, 0.1) is 5.92 Å². The number of nitrogens with two attached hydrogens (primary N) is 1. The molecular weight excluding hydrogens is 224 g/mol. The number of para-hydroxylation sites is 1. The number of sulfonamides is 1. The predicted octanol–water partition coefficient (Wildman–Crippen LogP) is 0.931. The van der Waals surface area contributed by atoms with E-state index in [-0.39, 0.29) is 11.7 Å². The molecule has 0 aliphatic carbocycles. The Bertz CT molecular complexity index is 485. The molecule has 0 spiro atoms. The molecule has 0 bridgehead atoms. The number of benzene rings is 1. The van der Waals surface area contributed by atoms with E-state index in [4.69, 9.17) is 5.73 Å². The summed E-state index contributed by atoms with van der Waals surface area (Å²) in [6.45, 7) is 2.86. The average Bonchev–Trinajstić information content (AvgIpc) is 2.51. The molecule has 1 heterocycles. The van der Waals surface area contributed by atoms with E-state index in [1.807, 2.05) is 31.2 Å². The Morgan fingerprint density at radius 1 is 1.44 bits per heavy atom. The lowest BCUT2D eigenvalue weighted by atomic mass is 10.1. The van der Waals surface area contributed by atoms with Crippen molar-refractivity contribution >= 4 is 15.7 Å². The third kappa shape index (κ3) is 1.92. The zero-order valence-electron chi connectivity index (χ0n) is 9.26. The summed E-state index contributed by atoms with van der Waals surface area (Å²) in [5.74, 6) is 0.405. The normalized spacial score (nSPS) is 23.6. The van der Waals surface area contributed by atoms with Crippen LogP contribution in [0.4, 0.5) is 5.69 Å². The van der Waals surface area contributed by atoms with Crippen LogP contribution in [0.5, 0.6) is 0 Å². The van der Waals surface area contributed by atoms with Crippen molar-refractivity contribution < 1.29 is 8.42 Å². The molecule has 1 aliphatic heterocycles. The van der Waals surface area contributed by atoms with E-state index in [0.717, 1.165) is 11.3 Å². The van der Waals surface area contributed by atoms with E-state index in [1.165, 1.54) is 4.31 Å². The zero-order valence-corrected chi connectivity index (χ0v) is 10.1. The van der Waals surface area contributed by atoms with Crippen LogP contribution in [-0.4, -0.2) is 20.7 Å². The molecule has 2 rings (SSSR count). The molecule has 0 radical (unpaired) electrons. The third-order valence-corrected chi connectivity index (χ3v) is 4.80. The first-order valence-corrected chi connectivity index (χ1v) is 6.94. The van der Waals surface area contributed by atoms with Crippen molar-refractivity contribution in [2.45, 2.75) is 13.5 Å². The van der Waals surface area contributed by atoms with E-state index < -0.39 is 10.0 Å². The number of anilines is 1. The first kappa shape index (κ1) is 11.4. The number of rotatable bonds is 2. The lowest BCUT2D eigenvalue weighted by Crippen LogP contribution is -2.26. The van der Waals surface area contributed by atoms with E-state index in [1.54, 1.807) is 0 Å². The van der Waals surface area contributed by atoms with Gasteiger partial charge in [-0.25, -0.2) is 8.42 Å². The van der Waals surface area contributed by atoms with Crippen molar-refractivity contribution in [3.63, 3.8) is 0 Å². The highest BCUT2D eigenvalue weighted by atomic mass is 32.2. The molecule has 4 nitrogen and oxygen atoms in total. The number of hydrogen-bond donors (Lipinski definition) is 1. The van der Waals surface area contributed by atoms with Gasteiger partial charge < -0.3 is 5.73 Å². The van der Waals surface area contributed by atoms with Crippen molar-refractivity contribution in [2.24, 2.45) is 11.7 Å². The first-order chi connectivity index (χ1) is 7.54. The molecule has 1 fully saturated rings. The second-order valence-electron chi connectivity index (χ2n) is 4.25. The van der Waals surface area contributed by atoms with Gasteiger partial charge in [0.1, 0.15) is 0 Å². The summed E-state index contributed by atoms with van der Waals surface area (Å²) in [5.41, 5.74) is 7.23. The first-order valence-electron chi connectivity index (χ1n) is 5.33. The minimum absolute atomic E-state index is 0.177. The average molecular weight is 240 g/mol. The van der Waals surface area contributed by atoms with Crippen molar-refractivity contribution in [1.82, 2.24) is 0 Å². The highest BCUT2D eigenvalue weighted by molar-refractivity contribution is 7.93. The fourth-order valence-electron chi connectivity index (χ4n) is 2.07. The van der Waals surface area contributed by atoms with Gasteiger partial charge in [-0.1, -0.05) is 25.1 Å². The van der Waals surface area contributed by atoms with Gasteiger partial charge in [-0.2, -0.15) is 0 Å². The largest absolute Gasteiger partial charge is 0.326 e. The van der Waals surface area contributed by atoms with Crippen LogP contribution in [0.3, 0.4) is 0 Å². The molecule has 1 saturated heterocycles. The topological polar surface area (TPSA) is 63.4 Å². The Morgan fingerprint density at radius 3 is 2.69 bits per heavy atom. The van der Waals surface area contributed by atoms with Gasteiger partial charge in [0.25, 0.3) is 0 Å². The molecule has 0 saturated carbocycles. The molecule has 16 heavy (non-hydrogen) atoms. The fraction of sp³-hybridized carbons (Fsp3) is 0.455.